The van der Waals surface area contributed by atoms with Crippen molar-refractivity contribution in [2.75, 3.05) is 0 Å². The molecule has 2 heterocycles. The van der Waals surface area contributed by atoms with E-state index in [0.717, 1.165) is 0 Å². The standard InChI is InChI=1S/C16H12N2.2BF4/c1-3-15-13(5-7-17-15)9-11(1)12-2-4-16-14(10-12)6-8-18-16;2*2-1(3,4)5/h1-10,17-18H;;/q;2*-1/p+2. The second-order valence-corrected chi connectivity index (χ2v) is 5.73. The van der Waals surface area contributed by atoms with E-state index in [1.807, 2.05) is 0 Å². The Morgan fingerprint density at radius 3 is 1.18 bits per heavy atom. The molecule has 0 amide bonds. The molecule has 0 radical (unpaired) electrons. The Labute approximate surface area is 155 Å². The molecular formula is C16H14B2F8N2. The van der Waals surface area contributed by atoms with Gasteiger partial charge in [-0.1, -0.05) is 0 Å². The first-order valence-corrected chi connectivity index (χ1v) is 7.96. The number of benzene rings is 2. The predicted octanol–water partition coefficient (Wildman–Crippen LogP) is 4.31. The maximum Gasteiger partial charge on any atom is 0.673 e. The highest BCUT2D eigenvalue weighted by atomic mass is 19.5. The Balaban J connectivity index is 0.000000237. The molecule has 0 atom stereocenters. The molecule has 0 saturated heterocycles. The lowest BCUT2D eigenvalue weighted by molar-refractivity contribution is -0.491. The zero-order valence-corrected chi connectivity index (χ0v) is 14.1. The molecule has 2 aromatic rings. The lowest BCUT2D eigenvalue weighted by atomic mass is 10.00. The third-order valence-electron chi connectivity index (χ3n) is 3.61. The van der Waals surface area contributed by atoms with Gasteiger partial charge in [-0.25, -0.2) is 0 Å². The second-order valence-electron chi connectivity index (χ2n) is 5.73. The first-order chi connectivity index (χ1) is 12.9. The largest absolute Gasteiger partial charge is 0.673 e. The van der Waals surface area contributed by atoms with Crippen LogP contribution < -0.4 is 10.6 Å². The van der Waals surface area contributed by atoms with Crippen molar-refractivity contribution in [2.45, 2.75) is 0 Å². The van der Waals surface area contributed by atoms with Crippen molar-refractivity contribution in [2.24, 2.45) is 0 Å². The molecule has 4 N–H and O–H groups in total. The molecule has 0 spiro atoms. The number of quaternary nitrogens is 2. The first kappa shape index (κ1) is 21.7. The van der Waals surface area contributed by atoms with E-state index >= 15 is 0 Å². The fourth-order valence-electron chi connectivity index (χ4n) is 2.61. The van der Waals surface area contributed by atoms with Gasteiger partial charge in [0.1, 0.15) is 11.4 Å². The van der Waals surface area contributed by atoms with Crippen LogP contribution in [0.5, 0.6) is 0 Å². The van der Waals surface area contributed by atoms with E-state index in [0.29, 0.717) is 0 Å². The SMILES string of the molecule is C1=Cc2cc(-c3ccc4c(c3)C=C[NH2+]4)ccc2[NH2+]1.F[B-](F)(F)F.F[B-](F)(F)F. The Kier molecular flexibility index (Phi) is 6.68. The van der Waals surface area contributed by atoms with Crippen LogP contribution >= 0.6 is 0 Å². The summed E-state index contributed by atoms with van der Waals surface area (Å²) in [6, 6.07) is 13.3. The molecule has 0 fully saturated rings. The molecule has 28 heavy (non-hydrogen) atoms. The van der Waals surface area contributed by atoms with Gasteiger partial charge in [-0.2, -0.15) is 0 Å². The minimum Gasteiger partial charge on any atom is -0.418 e. The summed E-state index contributed by atoms with van der Waals surface area (Å²) in [5.41, 5.74) is 7.83. The first-order valence-electron chi connectivity index (χ1n) is 7.96. The molecule has 2 aliphatic heterocycles. The molecule has 2 nitrogen and oxygen atoms in total. The molecule has 0 bridgehead atoms. The fourth-order valence-corrected chi connectivity index (χ4v) is 2.61. The Bertz CT molecular complexity index is 806. The predicted molar refractivity (Wildman–Crippen MR) is 93.5 cm³/mol. The van der Waals surface area contributed by atoms with Gasteiger partial charge in [0.2, 0.25) is 0 Å². The summed E-state index contributed by atoms with van der Waals surface area (Å²) in [4.78, 5) is 0. The summed E-state index contributed by atoms with van der Waals surface area (Å²) in [6.07, 6.45) is 8.55. The van der Waals surface area contributed by atoms with Gasteiger partial charge in [-0.15, -0.1) is 0 Å². The molecule has 0 saturated carbocycles. The Morgan fingerprint density at radius 2 is 0.857 bits per heavy atom. The lowest BCUT2D eigenvalue weighted by Gasteiger charge is -2.04. The van der Waals surface area contributed by atoms with Gasteiger partial charge < -0.3 is 34.5 Å². The van der Waals surface area contributed by atoms with E-state index in [1.165, 1.54) is 33.6 Å². The third kappa shape index (κ3) is 7.57. The van der Waals surface area contributed by atoms with Crippen LogP contribution in [-0.2, 0) is 0 Å². The molecule has 4 rings (SSSR count). The van der Waals surface area contributed by atoms with Crippen molar-refractivity contribution in [3.05, 3.63) is 59.9 Å². The number of rotatable bonds is 1. The monoisotopic (exact) mass is 408 g/mol. The van der Waals surface area contributed by atoms with E-state index in [9.17, 15) is 34.5 Å². The maximum absolute atomic E-state index is 9.75. The van der Waals surface area contributed by atoms with Crippen LogP contribution in [0.1, 0.15) is 11.1 Å². The van der Waals surface area contributed by atoms with E-state index in [1.54, 1.807) is 0 Å². The summed E-state index contributed by atoms with van der Waals surface area (Å²) in [5.74, 6) is 0. The van der Waals surface area contributed by atoms with Crippen LogP contribution in [0.3, 0.4) is 0 Å². The topological polar surface area (TPSA) is 33.2 Å². The van der Waals surface area contributed by atoms with Crippen molar-refractivity contribution in [1.29, 1.82) is 0 Å². The van der Waals surface area contributed by atoms with Gasteiger partial charge in [-0.3, -0.25) is 10.6 Å². The highest BCUT2D eigenvalue weighted by molar-refractivity contribution is 6.50. The Morgan fingerprint density at radius 1 is 0.536 bits per heavy atom. The van der Waals surface area contributed by atoms with Crippen LogP contribution in [0.4, 0.5) is 45.9 Å². The smallest absolute Gasteiger partial charge is 0.418 e. The van der Waals surface area contributed by atoms with Crippen LogP contribution in [0, 0.1) is 0 Å². The van der Waals surface area contributed by atoms with Crippen molar-refractivity contribution in [3.8, 4) is 11.1 Å². The minimum atomic E-state index is -6.00. The van der Waals surface area contributed by atoms with Crippen LogP contribution in [-0.4, -0.2) is 14.5 Å². The molecule has 150 valence electrons. The number of hydrogen-bond donors (Lipinski definition) is 2. The number of halogens is 8. The second kappa shape index (κ2) is 8.61. The highest BCUT2D eigenvalue weighted by Crippen LogP contribution is 2.28. The van der Waals surface area contributed by atoms with Gasteiger partial charge >= 0.3 is 14.5 Å². The zero-order valence-electron chi connectivity index (χ0n) is 14.1. The highest BCUT2D eigenvalue weighted by Gasteiger charge is 2.21. The van der Waals surface area contributed by atoms with Crippen LogP contribution in [0.15, 0.2) is 48.8 Å². The summed E-state index contributed by atoms with van der Waals surface area (Å²) in [6.45, 7) is 0. The van der Waals surface area contributed by atoms with Gasteiger partial charge in [0, 0.05) is 35.4 Å². The quantitative estimate of drug-likeness (QED) is 0.401. The number of fused-ring (bicyclic) bond motifs is 2. The number of nitrogens with two attached hydrogens (primary N) is 2. The fraction of sp³-hybridized carbons (Fsp3) is 0. The van der Waals surface area contributed by atoms with Crippen molar-refractivity contribution >= 4 is 38.0 Å². The minimum absolute atomic E-state index is 1.29. The summed E-state index contributed by atoms with van der Waals surface area (Å²) >= 11 is 0. The molecule has 2 aromatic carbocycles. The molecule has 0 aromatic heterocycles. The van der Waals surface area contributed by atoms with Crippen molar-refractivity contribution in [3.63, 3.8) is 0 Å². The van der Waals surface area contributed by atoms with Crippen LogP contribution in [0.25, 0.3) is 23.3 Å². The molecule has 0 unspecified atom stereocenters. The van der Waals surface area contributed by atoms with Crippen molar-refractivity contribution < 1.29 is 45.2 Å². The molecule has 0 aliphatic carbocycles. The average Bonchev–Trinajstić information content (AvgIpc) is 3.19. The van der Waals surface area contributed by atoms with Gasteiger partial charge in [0.25, 0.3) is 0 Å². The summed E-state index contributed by atoms with van der Waals surface area (Å²) in [7, 11) is -12.0. The van der Waals surface area contributed by atoms with E-state index in [2.05, 4.69) is 71.6 Å². The summed E-state index contributed by atoms with van der Waals surface area (Å²) < 4.78 is 78.0. The van der Waals surface area contributed by atoms with Crippen molar-refractivity contribution in [1.82, 2.24) is 0 Å². The summed E-state index contributed by atoms with van der Waals surface area (Å²) in [5, 5.41) is 4.30. The molecule has 12 heteroatoms. The van der Waals surface area contributed by atoms with Gasteiger partial charge in [0.05, 0.1) is 12.4 Å². The maximum atomic E-state index is 9.75. The molecular weight excluding hydrogens is 394 g/mol. The van der Waals surface area contributed by atoms with E-state index < -0.39 is 14.5 Å². The van der Waals surface area contributed by atoms with Crippen LogP contribution in [0.2, 0.25) is 0 Å². The zero-order chi connectivity index (χ0) is 20.9. The lowest BCUT2D eigenvalue weighted by Crippen LogP contribution is -2.69. The Hall–Kier alpha value is -2.59. The third-order valence-corrected chi connectivity index (χ3v) is 3.61. The van der Waals surface area contributed by atoms with E-state index in [-0.39, 0.29) is 0 Å². The normalized spacial score (nSPS) is 13.9. The average molecular weight is 408 g/mol. The van der Waals surface area contributed by atoms with Gasteiger partial charge in [-0.05, 0) is 35.4 Å². The van der Waals surface area contributed by atoms with E-state index in [4.69, 9.17) is 0 Å². The number of hydrogen-bond acceptors (Lipinski definition) is 0. The molecule has 2 aliphatic rings. The van der Waals surface area contributed by atoms with Gasteiger partial charge in [0.15, 0.2) is 0 Å².